The summed E-state index contributed by atoms with van der Waals surface area (Å²) in [7, 11) is 0. The van der Waals surface area contributed by atoms with E-state index in [1.807, 2.05) is 13.8 Å². The van der Waals surface area contributed by atoms with E-state index in [0.29, 0.717) is 55.9 Å². The summed E-state index contributed by atoms with van der Waals surface area (Å²) in [6.45, 7) is 10.5. The zero-order valence-electron chi connectivity index (χ0n) is 30.2. The number of fused-ring (bicyclic) bond motifs is 6. The minimum atomic E-state index is -1.56. The van der Waals surface area contributed by atoms with Gasteiger partial charge in [0.25, 0.3) is 0 Å². The Kier molecular flexibility index (Phi) is 10.1. The van der Waals surface area contributed by atoms with Crippen LogP contribution in [0.15, 0.2) is 11.3 Å². The summed E-state index contributed by atoms with van der Waals surface area (Å²) in [5.74, 6) is -0.827. The quantitative estimate of drug-likeness (QED) is 0.169. The molecule has 48 heavy (non-hydrogen) atoms. The first-order chi connectivity index (χ1) is 22.6. The summed E-state index contributed by atoms with van der Waals surface area (Å²) < 4.78 is 6.52. The highest BCUT2D eigenvalue weighted by atomic mass is 16.5. The maximum absolute atomic E-state index is 14.4. The molecule has 0 aromatic carbocycles. The van der Waals surface area contributed by atoms with E-state index in [-0.39, 0.29) is 37.0 Å². The molecule has 1 heterocycles. The Hall–Kier alpha value is -1.07. The van der Waals surface area contributed by atoms with E-state index < -0.39 is 63.9 Å². The molecule has 0 bridgehead atoms. The van der Waals surface area contributed by atoms with Gasteiger partial charge in [-0.05, 0) is 106 Å². The Bertz CT molecular complexity index is 1240. The number of hydrogen-bond donors (Lipinski definition) is 7. The predicted octanol–water partition coefficient (Wildman–Crippen LogP) is 4.15. The first-order valence-electron chi connectivity index (χ1n) is 19.4. The average Bonchev–Trinajstić information content (AvgIpc) is 3.50. The van der Waals surface area contributed by atoms with Crippen LogP contribution in [0.5, 0.6) is 0 Å². The van der Waals surface area contributed by atoms with Crippen LogP contribution < -0.4 is 5.32 Å². The maximum Gasteiger partial charge on any atom is 0.182 e. The first kappa shape index (κ1) is 36.7. The van der Waals surface area contributed by atoms with Gasteiger partial charge in [0.1, 0.15) is 5.60 Å². The summed E-state index contributed by atoms with van der Waals surface area (Å²) in [6, 6.07) is 0. The molecule has 274 valence electrons. The molecule has 9 heteroatoms. The molecule has 6 aliphatic rings. The third kappa shape index (κ3) is 5.47. The molecule has 14 atom stereocenters. The number of allylic oxidation sites excluding steroid dienone is 1. The lowest BCUT2D eigenvalue weighted by Crippen LogP contribution is -2.68. The standard InChI is InChI=1S/C39H65NO8/c1-6-7-8-9-12-24-22-48-34-25(24)13-10-11-16-39(34,47)37(5,45)30-15-18-38(46)31-26(14-17-36(30,38)4)35(3)20-29(43)28(42)19-27(35)33(44)32(31)40-21-23(2)41/h23-30,34,40-43,45-47H,6-22H2,1-5H3/t23-,24+,25-,26-,27-,28+,29-,30-,34+,35+,36+,37+,38+,39+/m0/s1. The molecule has 0 aromatic rings. The summed E-state index contributed by atoms with van der Waals surface area (Å²) in [5.41, 5.74) is -5.03. The summed E-state index contributed by atoms with van der Waals surface area (Å²) >= 11 is 0. The van der Waals surface area contributed by atoms with E-state index in [2.05, 4.69) is 12.2 Å². The van der Waals surface area contributed by atoms with Crippen molar-refractivity contribution in [3.8, 4) is 0 Å². The van der Waals surface area contributed by atoms with Crippen LogP contribution in [0, 0.1) is 40.4 Å². The van der Waals surface area contributed by atoms with Crippen molar-refractivity contribution in [2.45, 2.75) is 172 Å². The molecule has 1 aliphatic heterocycles. The van der Waals surface area contributed by atoms with Crippen molar-refractivity contribution in [3.63, 3.8) is 0 Å². The second kappa shape index (κ2) is 13.2. The fourth-order valence-corrected chi connectivity index (χ4v) is 12.3. The Morgan fingerprint density at radius 1 is 1.00 bits per heavy atom. The fraction of sp³-hybridized carbons (Fsp3) is 0.923. The normalized spacial score (nSPS) is 47.8. The number of aliphatic hydroxyl groups excluding tert-OH is 3. The van der Waals surface area contributed by atoms with Crippen LogP contribution in [0.25, 0.3) is 0 Å². The van der Waals surface area contributed by atoms with Crippen LogP contribution in [0.2, 0.25) is 0 Å². The highest BCUT2D eigenvalue weighted by Gasteiger charge is 2.73. The molecular weight excluding hydrogens is 610 g/mol. The monoisotopic (exact) mass is 675 g/mol. The fourth-order valence-electron chi connectivity index (χ4n) is 12.3. The van der Waals surface area contributed by atoms with Crippen molar-refractivity contribution in [2.24, 2.45) is 40.4 Å². The predicted molar refractivity (Wildman–Crippen MR) is 183 cm³/mol. The first-order valence-corrected chi connectivity index (χ1v) is 19.4. The van der Waals surface area contributed by atoms with E-state index >= 15 is 0 Å². The van der Waals surface area contributed by atoms with Crippen LogP contribution in [0.1, 0.15) is 131 Å². The number of Topliss-reactive ketones (excluding diaryl/α,β-unsaturated/α-hetero) is 1. The lowest BCUT2D eigenvalue weighted by molar-refractivity contribution is -0.248. The Morgan fingerprint density at radius 2 is 1.75 bits per heavy atom. The van der Waals surface area contributed by atoms with E-state index in [4.69, 9.17) is 4.74 Å². The van der Waals surface area contributed by atoms with Gasteiger partial charge in [-0.25, -0.2) is 0 Å². The van der Waals surface area contributed by atoms with E-state index in [9.17, 15) is 35.4 Å². The van der Waals surface area contributed by atoms with Crippen LogP contribution in [0.3, 0.4) is 0 Å². The summed E-state index contributed by atoms with van der Waals surface area (Å²) in [6.07, 6.45) is 8.42. The van der Waals surface area contributed by atoms with Crippen molar-refractivity contribution in [1.82, 2.24) is 5.32 Å². The van der Waals surface area contributed by atoms with Crippen molar-refractivity contribution in [2.75, 3.05) is 13.2 Å². The van der Waals surface area contributed by atoms with Crippen molar-refractivity contribution in [3.05, 3.63) is 11.3 Å². The molecule has 0 unspecified atom stereocenters. The van der Waals surface area contributed by atoms with Gasteiger partial charge < -0.3 is 40.7 Å². The Morgan fingerprint density at radius 3 is 2.46 bits per heavy atom. The highest BCUT2D eigenvalue weighted by Crippen LogP contribution is 2.70. The zero-order chi connectivity index (χ0) is 34.9. The molecular formula is C39H65NO8. The number of ether oxygens (including phenoxy) is 1. The molecule has 1 saturated heterocycles. The zero-order valence-corrected chi connectivity index (χ0v) is 30.2. The SMILES string of the molecule is CCCCCC[C@@H]1CO[C@@H]2[C@H]1CCCC[C@]2(O)[C@](C)(O)[C@H]1CC[C@@]2(O)C3=C(NC[C@H](C)O)C(=O)[C@@H]4C[C@@H](O)[C@@H](O)C[C@]4(C)[C@H]3CC[C@]12C. The topological polar surface area (TPSA) is 160 Å². The molecule has 7 N–H and O–H groups in total. The van der Waals surface area contributed by atoms with Gasteiger partial charge in [0.15, 0.2) is 5.78 Å². The van der Waals surface area contributed by atoms with E-state index in [0.717, 1.165) is 32.1 Å². The van der Waals surface area contributed by atoms with Crippen molar-refractivity contribution >= 4 is 5.78 Å². The minimum Gasteiger partial charge on any atom is -0.392 e. The molecule has 0 radical (unpaired) electrons. The van der Waals surface area contributed by atoms with Gasteiger partial charge in [-0.2, -0.15) is 0 Å². The van der Waals surface area contributed by atoms with Crippen LogP contribution in [0.4, 0.5) is 0 Å². The molecule has 6 rings (SSSR count). The van der Waals surface area contributed by atoms with E-state index in [1.54, 1.807) is 13.8 Å². The van der Waals surface area contributed by atoms with Crippen LogP contribution >= 0.6 is 0 Å². The number of carbonyl (C=O) groups is 1. The van der Waals surface area contributed by atoms with Gasteiger partial charge in [-0.15, -0.1) is 0 Å². The number of hydrogen-bond acceptors (Lipinski definition) is 9. The van der Waals surface area contributed by atoms with Gasteiger partial charge >= 0.3 is 0 Å². The molecule has 0 amide bonds. The number of carbonyl (C=O) groups excluding carboxylic acids is 1. The second-order valence-electron chi connectivity index (χ2n) is 17.8. The van der Waals surface area contributed by atoms with Gasteiger partial charge in [-0.3, -0.25) is 4.79 Å². The third-order valence-corrected chi connectivity index (χ3v) is 15.1. The molecule has 0 aromatic heterocycles. The van der Waals surface area contributed by atoms with Gasteiger partial charge in [-0.1, -0.05) is 59.3 Å². The molecule has 9 nitrogen and oxygen atoms in total. The molecule has 5 fully saturated rings. The van der Waals surface area contributed by atoms with Crippen molar-refractivity contribution in [1.29, 1.82) is 0 Å². The van der Waals surface area contributed by atoms with Crippen molar-refractivity contribution < 1.29 is 40.2 Å². The summed E-state index contributed by atoms with van der Waals surface area (Å²) in [5, 5.41) is 73.8. The molecule has 0 spiro atoms. The number of nitrogens with one attached hydrogen (secondary N) is 1. The number of unbranched alkanes of at least 4 members (excludes halogenated alkanes) is 3. The summed E-state index contributed by atoms with van der Waals surface area (Å²) in [4.78, 5) is 14.4. The highest BCUT2D eigenvalue weighted by molar-refractivity contribution is 5.99. The third-order valence-electron chi connectivity index (χ3n) is 15.1. The van der Waals surface area contributed by atoms with Gasteiger partial charge in [0.05, 0.1) is 47.9 Å². The Balaban J connectivity index is 1.36. The van der Waals surface area contributed by atoms with Crippen LogP contribution in [-0.4, -0.2) is 90.8 Å². The number of rotatable bonds is 10. The minimum absolute atomic E-state index is 0.139. The molecule has 5 aliphatic carbocycles. The lowest BCUT2D eigenvalue weighted by atomic mass is 9.44. The van der Waals surface area contributed by atoms with E-state index in [1.165, 1.54) is 19.3 Å². The smallest absolute Gasteiger partial charge is 0.182 e. The average molecular weight is 676 g/mol. The second-order valence-corrected chi connectivity index (χ2v) is 17.8. The largest absolute Gasteiger partial charge is 0.392 e. The lowest BCUT2D eigenvalue weighted by Gasteiger charge is -2.62. The number of aliphatic hydroxyl groups is 6. The molecule has 4 saturated carbocycles. The van der Waals surface area contributed by atoms with Gasteiger partial charge in [0, 0.05) is 17.9 Å². The Labute approximate surface area is 287 Å². The maximum atomic E-state index is 14.4. The van der Waals surface area contributed by atoms with Crippen LogP contribution in [-0.2, 0) is 9.53 Å². The number of ketones is 1. The van der Waals surface area contributed by atoms with Gasteiger partial charge in [0.2, 0.25) is 0 Å².